The average molecular weight is 295 g/mol. The third-order valence-corrected chi connectivity index (χ3v) is 3.28. The molecule has 0 saturated carbocycles. The monoisotopic (exact) mass is 294 g/mol. The van der Waals surface area contributed by atoms with E-state index in [1.807, 2.05) is 4.57 Å². The molecule has 104 valence electrons. The zero-order valence-corrected chi connectivity index (χ0v) is 11.6. The van der Waals surface area contributed by atoms with Crippen LogP contribution in [0.3, 0.4) is 0 Å². The first-order valence-corrected chi connectivity index (χ1v) is 6.70. The number of rotatable bonds is 4. The van der Waals surface area contributed by atoms with Gasteiger partial charge in [-0.15, -0.1) is 11.6 Å². The quantitative estimate of drug-likeness (QED) is 0.694. The van der Waals surface area contributed by atoms with E-state index in [9.17, 15) is 4.39 Å². The van der Waals surface area contributed by atoms with Crippen LogP contribution in [0.25, 0.3) is 11.0 Å². The number of alkyl halides is 1. The summed E-state index contributed by atoms with van der Waals surface area (Å²) in [6.45, 7) is 2.36. The molecule has 0 aliphatic carbocycles. The molecule has 3 aromatic rings. The van der Waals surface area contributed by atoms with Crippen molar-refractivity contribution in [2.75, 3.05) is 0 Å². The number of fused-ring (bicyclic) bond motifs is 1. The second kappa shape index (κ2) is 5.20. The third-order valence-electron chi connectivity index (χ3n) is 3.04. The molecule has 5 nitrogen and oxygen atoms in total. The molecule has 0 unspecified atom stereocenters. The summed E-state index contributed by atoms with van der Waals surface area (Å²) < 4.78 is 20.1. The summed E-state index contributed by atoms with van der Waals surface area (Å²) in [5.41, 5.74) is 1.45. The number of benzene rings is 1. The van der Waals surface area contributed by atoms with E-state index >= 15 is 0 Å². The van der Waals surface area contributed by atoms with E-state index in [1.165, 1.54) is 12.1 Å². The largest absolute Gasteiger partial charge is 0.340 e. The molecule has 0 aliphatic heterocycles. The lowest BCUT2D eigenvalue weighted by Gasteiger charge is -2.05. The summed E-state index contributed by atoms with van der Waals surface area (Å²) in [7, 11) is 0. The molecule has 0 radical (unpaired) electrons. The van der Waals surface area contributed by atoms with E-state index in [1.54, 1.807) is 13.0 Å². The van der Waals surface area contributed by atoms with Gasteiger partial charge in [-0.2, -0.15) is 4.98 Å². The molecule has 2 aromatic heterocycles. The fraction of sp³-hybridized carbons (Fsp3) is 0.308. The topological polar surface area (TPSA) is 56.7 Å². The molecule has 0 amide bonds. The second-order valence-corrected chi connectivity index (χ2v) is 4.69. The molecule has 3 rings (SSSR count). The van der Waals surface area contributed by atoms with Crippen molar-refractivity contribution in [1.82, 2.24) is 19.7 Å². The fourth-order valence-corrected chi connectivity index (χ4v) is 2.36. The van der Waals surface area contributed by atoms with Gasteiger partial charge in [0.2, 0.25) is 5.89 Å². The molecule has 0 N–H and O–H groups in total. The number of aromatic nitrogens is 4. The van der Waals surface area contributed by atoms with Crippen LogP contribution in [0.15, 0.2) is 22.7 Å². The highest BCUT2D eigenvalue weighted by atomic mass is 35.5. The van der Waals surface area contributed by atoms with Crippen LogP contribution in [0.2, 0.25) is 0 Å². The first-order chi connectivity index (χ1) is 9.67. The highest BCUT2D eigenvalue weighted by Gasteiger charge is 2.12. The van der Waals surface area contributed by atoms with Crippen molar-refractivity contribution in [3.63, 3.8) is 0 Å². The van der Waals surface area contributed by atoms with Gasteiger partial charge in [0.15, 0.2) is 5.82 Å². The molecule has 0 spiro atoms. The summed E-state index contributed by atoms with van der Waals surface area (Å²) in [4.78, 5) is 8.49. The van der Waals surface area contributed by atoms with Crippen molar-refractivity contribution in [2.24, 2.45) is 0 Å². The van der Waals surface area contributed by atoms with Crippen LogP contribution in [0.4, 0.5) is 4.39 Å². The van der Waals surface area contributed by atoms with E-state index in [2.05, 4.69) is 15.1 Å². The van der Waals surface area contributed by atoms with E-state index in [0.29, 0.717) is 36.0 Å². The minimum absolute atomic E-state index is 0.265. The Hall–Kier alpha value is -1.95. The molecule has 20 heavy (non-hydrogen) atoms. The van der Waals surface area contributed by atoms with Crippen molar-refractivity contribution in [1.29, 1.82) is 0 Å². The Morgan fingerprint density at radius 2 is 2.20 bits per heavy atom. The summed E-state index contributed by atoms with van der Waals surface area (Å²) in [5, 5.41) is 3.85. The SMILES string of the molecule is Cc1nc(CCn2c(CCl)nc3cc(F)ccc32)no1. The van der Waals surface area contributed by atoms with E-state index < -0.39 is 0 Å². The van der Waals surface area contributed by atoms with Gasteiger partial charge in [-0.05, 0) is 12.1 Å². The molecule has 0 saturated heterocycles. The number of halogens is 2. The van der Waals surface area contributed by atoms with Crippen molar-refractivity contribution in [2.45, 2.75) is 25.8 Å². The van der Waals surface area contributed by atoms with Crippen LogP contribution >= 0.6 is 11.6 Å². The lowest BCUT2D eigenvalue weighted by atomic mass is 10.3. The lowest BCUT2D eigenvalue weighted by molar-refractivity contribution is 0.386. The summed E-state index contributed by atoms with van der Waals surface area (Å²) in [5.74, 6) is 1.83. The minimum Gasteiger partial charge on any atom is -0.340 e. The van der Waals surface area contributed by atoms with Crippen LogP contribution in [-0.4, -0.2) is 19.7 Å². The van der Waals surface area contributed by atoms with Crippen molar-refractivity contribution in [3.05, 3.63) is 41.6 Å². The maximum Gasteiger partial charge on any atom is 0.223 e. The molecular weight excluding hydrogens is 283 g/mol. The fourth-order valence-electron chi connectivity index (χ4n) is 2.16. The van der Waals surface area contributed by atoms with Gasteiger partial charge in [0.05, 0.1) is 16.9 Å². The number of hydrogen-bond acceptors (Lipinski definition) is 4. The highest BCUT2D eigenvalue weighted by Crippen LogP contribution is 2.19. The first-order valence-electron chi connectivity index (χ1n) is 6.17. The minimum atomic E-state index is -0.308. The van der Waals surface area contributed by atoms with Crippen LogP contribution in [0.5, 0.6) is 0 Å². The van der Waals surface area contributed by atoms with Crippen molar-refractivity contribution >= 4 is 22.6 Å². The molecule has 0 aliphatic rings. The Kier molecular flexibility index (Phi) is 3.40. The second-order valence-electron chi connectivity index (χ2n) is 4.43. The molecular formula is C13H12ClFN4O. The van der Waals surface area contributed by atoms with Crippen molar-refractivity contribution in [3.8, 4) is 0 Å². The van der Waals surface area contributed by atoms with Gasteiger partial charge >= 0.3 is 0 Å². The maximum atomic E-state index is 13.2. The normalized spacial score (nSPS) is 11.3. The molecule has 7 heteroatoms. The Morgan fingerprint density at radius 1 is 1.35 bits per heavy atom. The zero-order chi connectivity index (χ0) is 14.1. The smallest absolute Gasteiger partial charge is 0.223 e. The number of aryl methyl sites for hydroxylation is 3. The predicted molar refractivity (Wildman–Crippen MR) is 72.0 cm³/mol. The molecule has 1 aromatic carbocycles. The average Bonchev–Trinajstić information content (AvgIpc) is 2.99. The summed E-state index contributed by atoms with van der Waals surface area (Å²) in [6, 6.07) is 4.52. The highest BCUT2D eigenvalue weighted by molar-refractivity contribution is 6.16. The Morgan fingerprint density at radius 3 is 2.90 bits per heavy atom. The van der Waals surface area contributed by atoms with Gasteiger partial charge < -0.3 is 9.09 Å². The number of imidazole rings is 1. The van der Waals surface area contributed by atoms with Gasteiger partial charge in [0, 0.05) is 26.0 Å². The first kappa shape index (κ1) is 13.1. The van der Waals surface area contributed by atoms with Gasteiger partial charge in [-0.1, -0.05) is 5.16 Å². The molecule has 0 atom stereocenters. The van der Waals surface area contributed by atoms with Crippen molar-refractivity contribution < 1.29 is 8.91 Å². The number of nitrogens with zero attached hydrogens (tertiary/aromatic N) is 4. The van der Waals surface area contributed by atoms with Crippen LogP contribution in [0.1, 0.15) is 17.5 Å². The van der Waals surface area contributed by atoms with Crippen LogP contribution in [-0.2, 0) is 18.8 Å². The summed E-state index contributed by atoms with van der Waals surface area (Å²) >= 11 is 5.90. The maximum absolute atomic E-state index is 13.2. The van der Waals surface area contributed by atoms with E-state index in [4.69, 9.17) is 16.1 Å². The molecule has 0 bridgehead atoms. The van der Waals surface area contributed by atoms with Gasteiger partial charge in [0.1, 0.15) is 11.6 Å². The van der Waals surface area contributed by atoms with Gasteiger partial charge in [-0.3, -0.25) is 0 Å². The Bertz CT molecular complexity index is 752. The molecule has 2 heterocycles. The third kappa shape index (κ3) is 2.38. The Balaban J connectivity index is 1.93. The summed E-state index contributed by atoms with van der Waals surface area (Å²) in [6.07, 6.45) is 0.601. The van der Waals surface area contributed by atoms with Crippen LogP contribution < -0.4 is 0 Å². The number of hydrogen-bond donors (Lipinski definition) is 0. The van der Waals surface area contributed by atoms with Gasteiger partial charge in [0.25, 0.3) is 0 Å². The molecule has 0 fully saturated rings. The van der Waals surface area contributed by atoms with Crippen LogP contribution in [0, 0.1) is 12.7 Å². The van der Waals surface area contributed by atoms with E-state index in [0.717, 1.165) is 5.52 Å². The standard InChI is InChI=1S/C13H12ClFN4O/c1-8-16-12(18-20-8)4-5-19-11-3-2-9(15)6-10(11)17-13(19)7-14/h2-3,6H,4-5,7H2,1H3. The van der Waals surface area contributed by atoms with Gasteiger partial charge in [-0.25, -0.2) is 9.37 Å². The lowest BCUT2D eigenvalue weighted by Crippen LogP contribution is -2.06. The Labute approximate surface area is 119 Å². The zero-order valence-electron chi connectivity index (χ0n) is 10.8. The van der Waals surface area contributed by atoms with E-state index in [-0.39, 0.29) is 11.7 Å². The predicted octanol–water partition coefficient (Wildman–Crippen LogP) is 2.85.